The minimum absolute atomic E-state index is 0.0238. The van der Waals surface area contributed by atoms with E-state index in [1.807, 2.05) is 6.92 Å². The van der Waals surface area contributed by atoms with E-state index in [1.165, 1.54) is 0 Å². The molecule has 2 aromatic heterocycles. The van der Waals surface area contributed by atoms with E-state index in [9.17, 15) is 4.79 Å². The Hall–Kier alpha value is -3.06. The molecule has 0 bridgehead atoms. The van der Waals surface area contributed by atoms with Crippen LogP contribution in [0.5, 0.6) is 0 Å². The van der Waals surface area contributed by atoms with E-state index in [1.54, 1.807) is 31.3 Å². The van der Waals surface area contributed by atoms with Gasteiger partial charge in [0.15, 0.2) is 5.82 Å². The quantitative estimate of drug-likeness (QED) is 0.762. The molecule has 1 amide bonds. The van der Waals surface area contributed by atoms with Crippen molar-refractivity contribution in [1.29, 1.82) is 0 Å². The number of carbonyl (C=O) groups is 1. The van der Waals surface area contributed by atoms with Crippen LogP contribution in [0.15, 0.2) is 40.0 Å². The predicted molar refractivity (Wildman–Crippen MR) is 97.3 cm³/mol. The molecule has 0 unspecified atom stereocenters. The Bertz CT molecular complexity index is 1060. The van der Waals surface area contributed by atoms with Crippen molar-refractivity contribution >= 4 is 34.7 Å². The summed E-state index contributed by atoms with van der Waals surface area (Å²) < 4.78 is 4.82. The van der Waals surface area contributed by atoms with Crippen LogP contribution in [0.4, 0.5) is 11.5 Å². The van der Waals surface area contributed by atoms with E-state index in [4.69, 9.17) is 16.1 Å². The van der Waals surface area contributed by atoms with Gasteiger partial charge in [0.1, 0.15) is 0 Å². The average Bonchev–Trinajstić information content (AvgIpc) is 3.22. The zero-order chi connectivity index (χ0) is 18.3. The second-order valence-corrected chi connectivity index (χ2v) is 6.42. The molecule has 26 heavy (non-hydrogen) atoms. The molecule has 7 nitrogen and oxygen atoms in total. The van der Waals surface area contributed by atoms with E-state index < -0.39 is 5.91 Å². The van der Waals surface area contributed by atoms with Crippen LogP contribution in [0.2, 0.25) is 5.02 Å². The molecule has 0 saturated carbocycles. The highest BCUT2D eigenvalue weighted by molar-refractivity contribution is 6.34. The molecule has 0 spiro atoms. The van der Waals surface area contributed by atoms with Gasteiger partial charge in [0.25, 0.3) is 11.7 Å². The highest BCUT2D eigenvalue weighted by Gasteiger charge is 2.20. The molecule has 1 N–H and O–H groups in total. The molecule has 0 atom stereocenters. The molecule has 4 rings (SSSR count). The number of hydrogen-bond donors (Lipinski definition) is 1. The first-order valence-corrected chi connectivity index (χ1v) is 8.32. The Kier molecular flexibility index (Phi) is 4.00. The van der Waals surface area contributed by atoms with Crippen molar-refractivity contribution in [3.05, 3.63) is 63.9 Å². The summed E-state index contributed by atoms with van der Waals surface area (Å²) >= 11 is 6.35. The topological polar surface area (TPSA) is 93.3 Å². The van der Waals surface area contributed by atoms with Crippen molar-refractivity contribution in [2.45, 2.75) is 20.3 Å². The summed E-state index contributed by atoms with van der Waals surface area (Å²) in [6, 6.07) is 7.28. The molecule has 3 heterocycles. The van der Waals surface area contributed by atoms with Gasteiger partial charge in [0, 0.05) is 41.4 Å². The number of aromatic nitrogens is 3. The number of nitrogens with zero attached hydrogens (tertiary/aromatic N) is 4. The molecule has 0 fully saturated rings. The van der Waals surface area contributed by atoms with Gasteiger partial charge < -0.3 is 9.84 Å². The van der Waals surface area contributed by atoms with Crippen LogP contribution in [-0.4, -0.2) is 26.7 Å². The number of hydrogen-bond acceptors (Lipinski definition) is 6. The van der Waals surface area contributed by atoms with Crippen LogP contribution in [0, 0.1) is 13.8 Å². The summed E-state index contributed by atoms with van der Waals surface area (Å²) in [6.45, 7) is 3.61. The number of amides is 1. The molecular weight excluding hydrogens is 354 g/mol. The van der Waals surface area contributed by atoms with Crippen LogP contribution < -0.4 is 5.32 Å². The van der Waals surface area contributed by atoms with E-state index in [2.05, 4.69) is 31.5 Å². The molecule has 0 saturated heterocycles. The van der Waals surface area contributed by atoms with Gasteiger partial charge in [-0.3, -0.25) is 4.79 Å². The van der Waals surface area contributed by atoms with Crippen LogP contribution in [0.1, 0.15) is 33.2 Å². The molecule has 3 aromatic rings. The summed E-state index contributed by atoms with van der Waals surface area (Å²) in [5, 5.41) is 6.91. The normalized spacial score (nSPS) is 12.7. The first-order chi connectivity index (χ1) is 12.5. The zero-order valence-corrected chi connectivity index (χ0v) is 14.8. The summed E-state index contributed by atoms with van der Waals surface area (Å²) in [5.74, 6) is 0.555. The number of aliphatic imine (C=N–C) groups is 1. The van der Waals surface area contributed by atoms with E-state index >= 15 is 0 Å². The van der Waals surface area contributed by atoms with E-state index in [0.717, 1.165) is 22.4 Å². The minimum Gasteiger partial charge on any atom is -0.339 e. The van der Waals surface area contributed by atoms with E-state index in [-0.39, 0.29) is 5.82 Å². The third kappa shape index (κ3) is 3.09. The molecule has 1 aliphatic rings. The van der Waals surface area contributed by atoms with Gasteiger partial charge in [-0.1, -0.05) is 22.8 Å². The van der Waals surface area contributed by atoms with Gasteiger partial charge in [-0.05, 0) is 30.7 Å². The summed E-state index contributed by atoms with van der Waals surface area (Å²) in [7, 11) is 0. The molecule has 0 radical (unpaired) electrons. The number of benzene rings is 1. The smallest absolute Gasteiger partial charge is 0.297 e. The Labute approximate surface area is 154 Å². The van der Waals surface area contributed by atoms with Gasteiger partial charge in [-0.25, -0.2) is 9.98 Å². The number of anilines is 1. The van der Waals surface area contributed by atoms with Gasteiger partial charge in [0.05, 0.1) is 5.71 Å². The summed E-state index contributed by atoms with van der Waals surface area (Å²) in [5.41, 5.74) is 4.29. The number of rotatable bonds is 3. The molecule has 8 heteroatoms. The van der Waals surface area contributed by atoms with E-state index in [0.29, 0.717) is 28.8 Å². The number of nitrogens with one attached hydrogen (secondary N) is 1. The summed E-state index contributed by atoms with van der Waals surface area (Å²) in [6.07, 6.45) is 2.43. The maximum atomic E-state index is 12.2. The maximum absolute atomic E-state index is 12.2. The second kappa shape index (κ2) is 6.34. The number of pyridine rings is 1. The van der Waals surface area contributed by atoms with Crippen molar-refractivity contribution in [3.63, 3.8) is 0 Å². The molecule has 1 aromatic carbocycles. The SMILES string of the molecule is Cc1cnc2c(c1)CC(c1cc(NC(=O)c3noc(C)n3)ccc1Cl)=N2. The maximum Gasteiger partial charge on any atom is 0.297 e. The Morgan fingerprint density at radius 2 is 2.12 bits per heavy atom. The molecule has 1 aliphatic heterocycles. The minimum atomic E-state index is -0.455. The highest BCUT2D eigenvalue weighted by Crippen LogP contribution is 2.31. The number of carbonyl (C=O) groups excluding carboxylic acids is 1. The fraction of sp³-hybridized carbons (Fsp3) is 0.167. The van der Waals surface area contributed by atoms with Crippen LogP contribution in [-0.2, 0) is 6.42 Å². The highest BCUT2D eigenvalue weighted by atomic mass is 35.5. The lowest BCUT2D eigenvalue weighted by molar-refractivity contribution is 0.101. The zero-order valence-electron chi connectivity index (χ0n) is 14.1. The lowest BCUT2D eigenvalue weighted by Gasteiger charge is -2.08. The van der Waals surface area contributed by atoms with Crippen LogP contribution in [0.25, 0.3) is 0 Å². The van der Waals surface area contributed by atoms with Crippen molar-refractivity contribution < 1.29 is 9.32 Å². The lowest BCUT2D eigenvalue weighted by Crippen LogP contribution is -2.14. The Balaban J connectivity index is 1.60. The molecular formula is C18H14ClN5O2. The van der Waals surface area contributed by atoms with Gasteiger partial charge in [-0.15, -0.1) is 0 Å². The van der Waals surface area contributed by atoms with Crippen LogP contribution >= 0.6 is 11.6 Å². The van der Waals surface area contributed by atoms with Crippen LogP contribution in [0.3, 0.4) is 0 Å². The monoisotopic (exact) mass is 367 g/mol. The van der Waals surface area contributed by atoms with Crippen molar-refractivity contribution in [2.75, 3.05) is 5.32 Å². The largest absolute Gasteiger partial charge is 0.339 e. The van der Waals surface area contributed by atoms with Gasteiger partial charge in [-0.2, -0.15) is 4.98 Å². The number of fused-ring (bicyclic) bond motifs is 1. The second-order valence-electron chi connectivity index (χ2n) is 6.02. The van der Waals surface area contributed by atoms with Crippen molar-refractivity contribution in [1.82, 2.24) is 15.1 Å². The first-order valence-electron chi connectivity index (χ1n) is 7.94. The average molecular weight is 368 g/mol. The van der Waals surface area contributed by atoms with Crippen molar-refractivity contribution in [2.24, 2.45) is 4.99 Å². The van der Waals surface area contributed by atoms with Gasteiger partial charge >= 0.3 is 0 Å². The standard InChI is InChI=1S/C18H14ClN5O2/c1-9-5-11-6-15(23-16(11)20-8-9)13-7-12(3-4-14(13)19)22-18(25)17-21-10(2)26-24-17/h3-5,7-8H,6H2,1-2H3,(H,22,25). The Morgan fingerprint density at radius 3 is 2.88 bits per heavy atom. The third-order valence-corrected chi connectivity index (χ3v) is 4.27. The number of halogens is 1. The van der Waals surface area contributed by atoms with Gasteiger partial charge in [0.2, 0.25) is 5.89 Å². The number of aryl methyl sites for hydroxylation is 2. The molecule has 130 valence electrons. The predicted octanol–water partition coefficient (Wildman–Crippen LogP) is 3.66. The lowest BCUT2D eigenvalue weighted by atomic mass is 10.0. The molecule has 0 aliphatic carbocycles. The fourth-order valence-corrected chi connectivity index (χ4v) is 2.99. The fourth-order valence-electron chi connectivity index (χ4n) is 2.76. The third-order valence-electron chi connectivity index (χ3n) is 3.94. The Morgan fingerprint density at radius 1 is 1.27 bits per heavy atom. The van der Waals surface area contributed by atoms with Crippen molar-refractivity contribution in [3.8, 4) is 0 Å². The summed E-state index contributed by atoms with van der Waals surface area (Å²) in [4.78, 5) is 25.0. The first kappa shape index (κ1) is 16.4.